The van der Waals surface area contributed by atoms with Crippen molar-refractivity contribution in [3.05, 3.63) is 77.4 Å². The van der Waals surface area contributed by atoms with E-state index in [-0.39, 0.29) is 11.5 Å². The number of aromatic nitrogens is 3. The van der Waals surface area contributed by atoms with Gasteiger partial charge in [0.25, 0.3) is 5.91 Å². The fourth-order valence-corrected chi connectivity index (χ4v) is 3.30. The van der Waals surface area contributed by atoms with Crippen LogP contribution >= 0.6 is 0 Å². The van der Waals surface area contributed by atoms with Gasteiger partial charge in [0.1, 0.15) is 5.82 Å². The van der Waals surface area contributed by atoms with Gasteiger partial charge in [0, 0.05) is 23.1 Å². The summed E-state index contributed by atoms with van der Waals surface area (Å²) in [7, 11) is 0. The molecule has 2 aromatic heterocycles. The molecule has 0 atom stereocenters. The van der Waals surface area contributed by atoms with Gasteiger partial charge in [-0.15, -0.1) is 0 Å². The number of aromatic amines is 1. The van der Waals surface area contributed by atoms with Crippen molar-refractivity contribution in [2.75, 3.05) is 17.2 Å². The van der Waals surface area contributed by atoms with Crippen LogP contribution in [0.4, 0.5) is 16.2 Å². The third-order valence-electron chi connectivity index (χ3n) is 4.67. The molecule has 0 radical (unpaired) electrons. The third kappa shape index (κ3) is 4.63. The third-order valence-corrected chi connectivity index (χ3v) is 4.67. The van der Waals surface area contributed by atoms with E-state index in [1.165, 1.54) is 18.3 Å². The molecule has 0 aliphatic heterocycles. The number of H-pyrrole nitrogens is 1. The molecule has 0 saturated carbocycles. The number of carbonyl (C=O) groups excluding carboxylic acids is 1. The molecule has 8 heteroatoms. The summed E-state index contributed by atoms with van der Waals surface area (Å²) in [6, 6.07) is 14.2. The highest BCUT2D eigenvalue weighted by atomic mass is 19.1. The minimum atomic E-state index is -0.502. The number of anilines is 2. The summed E-state index contributed by atoms with van der Waals surface area (Å²) in [6.07, 6.45) is 1.50. The Hall–Kier alpha value is -3.94. The van der Waals surface area contributed by atoms with Gasteiger partial charge in [0.15, 0.2) is 11.6 Å². The Labute approximate surface area is 178 Å². The highest BCUT2D eigenvalue weighted by Gasteiger charge is 2.16. The summed E-state index contributed by atoms with van der Waals surface area (Å²) in [5.74, 6) is 0.0244. The molecule has 31 heavy (non-hydrogen) atoms. The fraction of sp³-hybridized carbons (Fsp3) is 0.174. The van der Waals surface area contributed by atoms with Crippen LogP contribution in [0.2, 0.25) is 0 Å². The number of ether oxygens (including phenoxy) is 1. The van der Waals surface area contributed by atoms with E-state index < -0.39 is 11.7 Å². The van der Waals surface area contributed by atoms with Gasteiger partial charge < -0.3 is 15.0 Å². The fourth-order valence-electron chi connectivity index (χ4n) is 3.30. The number of benzene rings is 2. The highest BCUT2D eigenvalue weighted by Crippen LogP contribution is 2.25. The molecule has 0 aliphatic rings. The number of fused-ring (bicyclic) bond motifs is 1. The minimum absolute atomic E-state index is 0.0914. The zero-order valence-electron chi connectivity index (χ0n) is 17.2. The Kier molecular flexibility index (Phi) is 5.79. The van der Waals surface area contributed by atoms with Crippen LogP contribution in [0.3, 0.4) is 0 Å². The summed E-state index contributed by atoms with van der Waals surface area (Å²) in [5, 5.41) is 6.50. The molecule has 2 aromatic carbocycles. The number of carbonyl (C=O) groups is 1. The summed E-state index contributed by atoms with van der Waals surface area (Å²) in [4.78, 5) is 24.5. The van der Waals surface area contributed by atoms with Crippen molar-refractivity contribution < 1.29 is 13.9 Å². The van der Waals surface area contributed by atoms with E-state index in [9.17, 15) is 9.18 Å². The van der Waals surface area contributed by atoms with Gasteiger partial charge >= 0.3 is 0 Å². The molecular weight excluding hydrogens is 397 g/mol. The summed E-state index contributed by atoms with van der Waals surface area (Å²) in [6.45, 7) is 4.69. The van der Waals surface area contributed by atoms with Gasteiger partial charge in [0.2, 0.25) is 5.95 Å². The molecule has 2 heterocycles. The predicted molar refractivity (Wildman–Crippen MR) is 118 cm³/mol. The van der Waals surface area contributed by atoms with E-state index in [1.54, 1.807) is 6.07 Å². The Morgan fingerprint density at radius 3 is 2.77 bits per heavy atom. The van der Waals surface area contributed by atoms with E-state index in [0.29, 0.717) is 35.6 Å². The van der Waals surface area contributed by atoms with Crippen LogP contribution in [0.1, 0.15) is 28.5 Å². The topological polar surface area (TPSA) is 91.9 Å². The maximum Gasteiger partial charge on any atom is 0.258 e. The molecule has 3 N–H and O–H groups in total. The average Bonchev–Trinajstić information content (AvgIpc) is 3.13. The maximum absolute atomic E-state index is 14.0. The zero-order valence-corrected chi connectivity index (χ0v) is 17.2. The Morgan fingerprint density at radius 2 is 2.00 bits per heavy atom. The first-order chi connectivity index (χ1) is 15.0. The van der Waals surface area contributed by atoms with E-state index in [0.717, 1.165) is 11.3 Å². The number of aryl methyl sites for hydroxylation is 1. The van der Waals surface area contributed by atoms with Crippen LogP contribution < -0.4 is 15.4 Å². The monoisotopic (exact) mass is 419 g/mol. The smallest absolute Gasteiger partial charge is 0.258 e. The van der Waals surface area contributed by atoms with Gasteiger partial charge in [-0.05, 0) is 37.6 Å². The molecular formula is C23H22FN5O2. The molecule has 1 amide bonds. The molecule has 0 spiro atoms. The number of nitrogens with one attached hydrogen (secondary N) is 3. The van der Waals surface area contributed by atoms with Crippen molar-refractivity contribution in [1.29, 1.82) is 0 Å². The highest BCUT2D eigenvalue weighted by molar-refractivity contribution is 6.12. The molecule has 0 saturated heterocycles. The number of nitrogens with zero attached hydrogens (tertiary/aromatic N) is 2. The van der Waals surface area contributed by atoms with E-state index in [2.05, 4.69) is 25.6 Å². The van der Waals surface area contributed by atoms with E-state index in [4.69, 9.17) is 4.74 Å². The molecule has 0 aliphatic carbocycles. The quantitative estimate of drug-likeness (QED) is 0.405. The van der Waals surface area contributed by atoms with Crippen molar-refractivity contribution >= 4 is 28.6 Å². The maximum atomic E-state index is 14.0. The second-order valence-electron chi connectivity index (χ2n) is 7.00. The molecule has 0 fully saturated rings. The van der Waals surface area contributed by atoms with Gasteiger partial charge in [-0.2, -0.15) is 4.98 Å². The molecule has 0 bridgehead atoms. The summed E-state index contributed by atoms with van der Waals surface area (Å²) >= 11 is 0. The number of hydrogen-bond acceptors (Lipinski definition) is 5. The van der Waals surface area contributed by atoms with Crippen molar-refractivity contribution in [3.63, 3.8) is 0 Å². The van der Waals surface area contributed by atoms with Crippen LogP contribution in [0.5, 0.6) is 5.75 Å². The average molecular weight is 419 g/mol. The summed E-state index contributed by atoms with van der Waals surface area (Å²) in [5.41, 5.74) is 2.66. The number of halogens is 1. The van der Waals surface area contributed by atoms with Gasteiger partial charge in [-0.3, -0.25) is 10.1 Å². The second kappa shape index (κ2) is 8.83. The zero-order chi connectivity index (χ0) is 21.8. The van der Waals surface area contributed by atoms with Crippen molar-refractivity contribution in [1.82, 2.24) is 15.0 Å². The van der Waals surface area contributed by atoms with Gasteiger partial charge in [-0.25, -0.2) is 9.37 Å². The molecule has 4 aromatic rings. The summed E-state index contributed by atoms with van der Waals surface area (Å²) < 4.78 is 19.6. The van der Waals surface area contributed by atoms with Crippen molar-refractivity contribution in [2.45, 2.75) is 20.4 Å². The van der Waals surface area contributed by atoms with Crippen LogP contribution in [0.25, 0.3) is 10.9 Å². The lowest BCUT2D eigenvalue weighted by molar-refractivity contribution is 0.102. The Morgan fingerprint density at radius 1 is 1.19 bits per heavy atom. The number of rotatable bonds is 7. The Bertz CT molecular complexity index is 1220. The lowest BCUT2D eigenvalue weighted by Crippen LogP contribution is -2.16. The first kappa shape index (κ1) is 20.3. The van der Waals surface area contributed by atoms with Crippen molar-refractivity contribution in [3.8, 4) is 5.75 Å². The standard InChI is InChI=1S/C23H22FN5O2/c1-3-31-20-13-26-23(28-21(20)25-12-15-7-5-4-6-8-15)29-22(30)18-10-16(24)11-19-17(18)9-14(2)27-19/h4-11,13,27H,3,12H2,1-2H3,(H2,25,26,28,29,30). The molecule has 7 nitrogen and oxygen atoms in total. The van der Waals surface area contributed by atoms with E-state index >= 15 is 0 Å². The van der Waals surface area contributed by atoms with Gasteiger partial charge in [0.05, 0.1) is 18.4 Å². The van der Waals surface area contributed by atoms with Crippen LogP contribution in [0, 0.1) is 12.7 Å². The van der Waals surface area contributed by atoms with Gasteiger partial charge in [-0.1, -0.05) is 30.3 Å². The van der Waals surface area contributed by atoms with Crippen LogP contribution in [-0.2, 0) is 6.54 Å². The largest absolute Gasteiger partial charge is 0.488 e. The normalized spacial score (nSPS) is 10.8. The lowest BCUT2D eigenvalue weighted by Gasteiger charge is -2.13. The first-order valence-corrected chi connectivity index (χ1v) is 9.91. The second-order valence-corrected chi connectivity index (χ2v) is 7.00. The predicted octanol–water partition coefficient (Wildman–Crippen LogP) is 4.67. The SMILES string of the molecule is CCOc1cnc(NC(=O)c2cc(F)cc3[nH]c(C)cc23)nc1NCc1ccccc1. The van der Waals surface area contributed by atoms with Crippen LogP contribution in [-0.4, -0.2) is 27.5 Å². The lowest BCUT2D eigenvalue weighted by atomic mass is 10.1. The number of hydrogen-bond donors (Lipinski definition) is 3. The molecule has 158 valence electrons. The Balaban J connectivity index is 1.59. The molecule has 0 unspecified atom stereocenters. The number of amides is 1. The van der Waals surface area contributed by atoms with Crippen LogP contribution in [0.15, 0.2) is 54.7 Å². The van der Waals surface area contributed by atoms with E-state index in [1.807, 2.05) is 44.2 Å². The first-order valence-electron chi connectivity index (χ1n) is 9.91. The molecule has 4 rings (SSSR count). The minimum Gasteiger partial charge on any atom is -0.488 e. The van der Waals surface area contributed by atoms with Crippen molar-refractivity contribution in [2.24, 2.45) is 0 Å².